The van der Waals surface area contributed by atoms with Crippen LogP contribution >= 0.6 is 0 Å². The Balaban J connectivity index is 1.10. The topological polar surface area (TPSA) is 57.0 Å². The van der Waals surface area contributed by atoms with Crippen LogP contribution < -0.4 is 0 Å². The Morgan fingerprint density at radius 2 is 0.930 bits per heavy atom. The summed E-state index contributed by atoms with van der Waals surface area (Å²) >= 11 is 0. The molecule has 5 heteroatoms. The Kier molecular flexibility index (Phi) is 5.13. The maximum Gasteiger partial charge on any atom is 0.227 e. The average Bonchev–Trinajstić information content (AvgIpc) is 3.78. The van der Waals surface area contributed by atoms with Crippen molar-refractivity contribution in [3.8, 4) is 39.7 Å². The van der Waals surface area contributed by atoms with Gasteiger partial charge in [-0.2, -0.15) is 0 Å². The summed E-state index contributed by atoms with van der Waals surface area (Å²) in [6.07, 6.45) is 0. The Morgan fingerprint density at radius 1 is 0.419 bits per heavy atom. The van der Waals surface area contributed by atoms with E-state index in [9.17, 15) is 0 Å². The second-order valence-corrected chi connectivity index (χ2v) is 10.7. The van der Waals surface area contributed by atoms with E-state index in [0.717, 1.165) is 61.2 Å². The summed E-state index contributed by atoms with van der Waals surface area (Å²) in [7, 11) is 0. The number of benzene rings is 6. The summed E-state index contributed by atoms with van der Waals surface area (Å²) in [5.74, 6) is 1.26. The molecule has 0 saturated carbocycles. The highest BCUT2D eigenvalue weighted by Crippen LogP contribution is 2.36. The molecule has 3 aromatic heterocycles. The van der Waals surface area contributed by atoms with Crippen LogP contribution in [0.3, 0.4) is 0 Å². The largest absolute Gasteiger partial charge is 0.436 e. The average molecular weight is 554 g/mol. The fourth-order valence-corrected chi connectivity index (χ4v) is 5.98. The van der Waals surface area contributed by atoms with Crippen LogP contribution in [0, 0.1) is 0 Å². The van der Waals surface area contributed by atoms with Crippen molar-refractivity contribution >= 4 is 44.0 Å². The summed E-state index contributed by atoms with van der Waals surface area (Å²) in [5.41, 5.74) is 10.9. The van der Waals surface area contributed by atoms with Gasteiger partial charge in [0, 0.05) is 27.6 Å². The van der Waals surface area contributed by atoms with Gasteiger partial charge in [-0.15, -0.1) is 0 Å². The second kappa shape index (κ2) is 9.29. The van der Waals surface area contributed by atoms with Crippen molar-refractivity contribution in [3.05, 3.63) is 140 Å². The number of oxazole rings is 2. The van der Waals surface area contributed by atoms with Crippen LogP contribution in [-0.4, -0.2) is 14.5 Å². The molecule has 0 unspecified atom stereocenters. The minimum absolute atomic E-state index is 0.627. The summed E-state index contributed by atoms with van der Waals surface area (Å²) in [4.78, 5) is 9.31. The first kappa shape index (κ1) is 23.7. The van der Waals surface area contributed by atoms with Crippen LogP contribution in [0.4, 0.5) is 0 Å². The molecule has 0 radical (unpaired) electrons. The predicted octanol–water partition coefficient (Wildman–Crippen LogP) is 10.1. The molecule has 0 bridgehead atoms. The Bertz CT molecular complexity index is 2380. The zero-order valence-electron chi connectivity index (χ0n) is 22.9. The van der Waals surface area contributed by atoms with Gasteiger partial charge in [0.2, 0.25) is 11.8 Å². The first-order chi connectivity index (χ1) is 21.3. The maximum atomic E-state index is 6.00. The lowest BCUT2D eigenvalue weighted by atomic mass is 10.0. The molecule has 9 rings (SSSR count). The zero-order chi connectivity index (χ0) is 28.3. The molecule has 0 atom stereocenters. The number of rotatable bonds is 4. The maximum absolute atomic E-state index is 6.00. The number of hydrogen-bond donors (Lipinski definition) is 0. The molecule has 202 valence electrons. The van der Waals surface area contributed by atoms with Crippen molar-refractivity contribution in [2.75, 3.05) is 0 Å². The van der Waals surface area contributed by atoms with Crippen LogP contribution in [0.15, 0.2) is 148 Å². The molecule has 0 aliphatic rings. The van der Waals surface area contributed by atoms with Gasteiger partial charge in [0.1, 0.15) is 11.0 Å². The smallest absolute Gasteiger partial charge is 0.227 e. The van der Waals surface area contributed by atoms with Crippen molar-refractivity contribution < 1.29 is 8.83 Å². The number of nitrogens with zero attached hydrogens (tertiary/aromatic N) is 3. The van der Waals surface area contributed by atoms with E-state index in [0.29, 0.717) is 11.8 Å². The highest BCUT2D eigenvalue weighted by molar-refractivity contribution is 6.10. The number of hydrogen-bond acceptors (Lipinski definition) is 4. The lowest BCUT2D eigenvalue weighted by Gasteiger charge is -2.09. The molecule has 0 aliphatic heterocycles. The molecular weight excluding hydrogens is 530 g/mol. The zero-order valence-corrected chi connectivity index (χ0v) is 22.9. The molecule has 0 N–H and O–H groups in total. The summed E-state index contributed by atoms with van der Waals surface area (Å²) < 4.78 is 14.3. The number of para-hydroxylation sites is 5. The van der Waals surface area contributed by atoms with E-state index in [1.54, 1.807) is 0 Å². The molecule has 43 heavy (non-hydrogen) atoms. The number of aromatic nitrogens is 3. The van der Waals surface area contributed by atoms with E-state index in [4.69, 9.17) is 8.83 Å². The fourth-order valence-electron chi connectivity index (χ4n) is 5.98. The normalized spacial score (nSPS) is 11.7. The van der Waals surface area contributed by atoms with Gasteiger partial charge in [-0.05, 0) is 90.0 Å². The van der Waals surface area contributed by atoms with Crippen LogP contribution in [0.5, 0.6) is 0 Å². The van der Waals surface area contributed by atoms with Crippen LogP contribution in [0.1, 0.15) is 0 Å². The molecule has 5 nitrogen and oxygen atoms in total. The van der Waals surface area contributed by atoms with Gasteiger partial charge in [-0.1, -0.05) is 60.7 Å². The van der Waals surface area contributed by atoms with Crippen molar-refractivity contribution in [2.45, 2.75) is 0 Å². The van der Waals surface area contributed by atoms with E-state index >= 15 is 0 Å². The third-order valence-electron chi connectivity index (χ3n) is 8.10. The van der Waals surface area contributed by atoms with Gasteiger partial charge in [-0.25, -0.2) is 9.97 Å². The molecule has 0 fully saturated rings. The SMILES string of the molecule is c1ccc2oc(-c3ccc(-c4ccc5c(c4)c4ccccc4n5-c4ccc(-c5nc6ccccc6o5)cc4)cc3)nc2c1. The Morgan fingerprint density at radius 3 is 1.58 bits per heavy atom. The Labute approximate surface area is 246 Å². The molecule has 0 aliphatic carbocycles. The van der Waals surface area contributed by atoms with Gasteiger partial charge < -0.3 is 13.4 Å². The molecule has 0 amide bonds. The van der Waals surface area contributed by atoms with Gasteiger partial charge in [-0.3, -0.25) is 0 Å². The minimum atomic E-state index is 0.627. The molecule has 6 aromatic carbocycles. The molecule has 0 spiro atoms. The third-order valence-corrected chi connectivity index (χ3v) is 8.10. The van der Waals surface area contributed by atoms with Crippen molar-refractivity contribution in [2.24, 2.45) is 0 Å². The quantitative estimate of drug-likeness (QED) is 0.218. The first-order valence-corrected chi connectivity index (χ1v) is 14.2. The van der Waals surface area contributed by atoms with Crippen molar-refractivity contribution in [1.82, 2.24) is 14.5 Å². The molecule has 3 heterocycles. The van der Waals surface area contributed by atoms with E-state index in [1.165, 1.54) is 10.8 Å². The van der Waals surface area contributed by atoms with Gasteiger partial charge in [0.25, 0.3) is 0 Å². The first-order valence-electron chi connectivity index (χ1n) is 14.2. The molecule has 9 aromatic rings. The van der Waals surface area contributed by atoms with Crippen LogP contribution in [-0.2, 0) is 0 Å². The summed E-state index contributed by atoms with van der Waals surface area (Å²) in [6.45, 7) is 0. The highest BCUT2D eigenvalue weighted by Gasteiger charge is 2.15. The van der Waals surface area contributed by atoms with E-state index in [-0.39, 0.29) is 0 Å². The van der Waals surface area contributed by atoms with E-state index < -0.39 is 0 Å². The van der Waals surface area contributed by atoms with E-state index in [2.05, 4.69) is 106 Å². The molecular formula is C38H23N3O2. The molecule has 0 saturated heterocycles. The van der Waals surface area contributed by atoms with Crippen LogP contribution in [0.2, 0.25) is 0 Å². The summed E-state index contributed by atoms with van der Waals surface area (Å²) in [5, 5.41) is 2.42. The lowest BCUT2D eigenvalue weighted by molar-refractivity contribution is 0.619. The fraction of sp³-hybridized carbons (Fsp3) is 0. The Hall–Kier alpha value is -5.94. The van der Waals surface area contributed by atoms with Crippen LogP contribution in [0.25, 0.3) is 83.7 Å². The lowest BCUT2D eigenvalue weighted by Crippen LogP contribution is -1.93. The highest BCUT2D eigenvalue weighted by atomic mass is 16.4. The number of fused-ring (bicyclic) bond motifs is 5. The third kappa shape index (κ3) is 3.86. The second-order valence-electron chi connectivity index (χ2n) is 10.7. The van der Waals surface area contributed by atoms with Gasteiger partial charge in [0.05, 0.1) is 11.0 Å². The van der Waals surface area contributed by atoms with E-state index in [1.807, 2.05) is 48.5 Å². The standard InChI is InChI=1S/C38H23N3O2/c1-4-10-33-29(7-1)30-23-27(24-13-15-25(16-14-24)37-39-31-8-2-5-11-35(31)42-37)19-22-34(30)41(33)28-20-17-26(18-21-28)38-40-32-9-3-6-12-36(32)43-38/h1-23H. The van der Waals surface area contributed by atoms with Gasteiger partial charge in [0.15, 0.2) is 11.2 Å². The monoisotopic (exact) mass is 553 g/mol. The van der Waals surface area contributed by atoms with Gasteiger partial charge >= 0.3 is 0 Å². The minimum Gasteiger partial charge on any atom is -0.436 e. The van der Waals surface area contributed by atoms with Crippen molar-refractivity contribution in [1.29, 1.82) is 0 Å². The predicted molar refractivity (Wildman–Crippen MR) is 172 cm³/mol. The van der Waals surface area contributed by atoms with Crippen molar-refractivity contribution in [3.63, 3.8) is 0 Å². The summed E-state index contributed by atoms with van der Waals surface area (Å²) in [6, 6.07) is 47.8.